The van der Waals surface area contributed by atoms with Gasteiger partial charge in [-0.25, -0.2) is 0 Å². The number of hydrogen-bond donors (Lipinski definition) is 0. The molecule has 0 spiro atoms. The van der Waals surface area contributed by atoms with Crippen LogP contribution in [0.25, 0.3) is 0 Å². The largest absolute Gasteiger partial charge is 0.449 e. The molecule has 18 heavy (non-hydrogen) atoms. The molecule has 0 unspecified atom stereocenters. The Morgan fingerprint density at radius 3 is 2.28 bits per heavy atom. The smallest absolute Gasteiger partial charge is 0.311 e. The minimum absolute atomic E-state index is 0.108. The van der Waals surface area contributed by atoms with Crippen molar-refractivity contribution in [3.05, 3.63) is 64.2 Å². The van der Waals surface area contributed by atoms with Crippen LogP contribution >= 0.6 is 0 Å². The van der Waals surface area contributed by atoms with Crippen molar-refractivity contribution in [2.45, 2.75) is 0 Å². The second-order valence-electron chi connectivity index (χ2n) is 3.48. The lowest BCUT2D eigenvalue weighted by atomic mass is 10.2. The number of nitro groups is 1. The third-order valence-electron chi connectivity index (χ3n) is 2.33. The van der Waals surface area contributed by atoms with Gasteiger partial charge in [0.2, 0.25) is 5.75 Å². The Balaban J connectivity index is 2.40. The van der Waals surface area contributed by atoms with Crippen LogP contribution in [0, 0.1) is 10.1 Å². The van der Waals surface area contributed by atoms with Gasteiger partial charge in [-0.05, 0) is 18.2 Å². The van der Waals surface area contributed by atoms with E-state index in [0.29, 0.717) is 17.6 Å². The highest BCUT2D eigenvalue weighted by atomic mass is 16.6. The molecule has 0 atom stereocenters. The van der Waals surface area contributed by atoms with E-state index in [9.17, 15) is 14.9 Å². The summed E-state index contributed by atoms with van der Waals surface area (Å²) in [7, 11) is 0. The van der Waals surface area contributed by atoms with Crippen LogP contribution in [0.2, 0.25) is 0 Å². The fraction of sp³-hybridized carbons (Fsp3) is 0. The molecule has 2 aromatic rings. The molecule has 0 aliphatic carbocycles. The maximum Gasteiger partial charge on any atom is 0.311 e. The monoisotopic (exact) mass is 243 g/mol. The summed E-state index contributed by atoms with van der Waals surface area (Å²) < 4.78 is 5.42. The molecule has 0 aliphatic heterocycles. The molecule has 0 fully saturated rings. The zero-order valence-corrected chi connectivity index (χ0v) is 9.28. The van der Waals surface area contributed by atoms with Crippen molar-refractivity contribution in [3.8, 4) is 11.5 Å². The molecule has 0 heterocycles. The number of benzene rings is 2. The third-order valence-corrected chi connectivity index (χ3v) is 2.33. The molecule has 0 saturated heterocycles. The number of aldehydes is 1. The van der Waals surface area contributed by atoms with Crippen LogP contribution in [-0.2, 0) is 0 Å². The van der Waals surface area contributed by atoms with Gasteiger partial charge in [0, 0.05) is 6.07 Å². The summed E-state index contributed by atoms with van der Waals surface area (Å²) >= 11 is 0. The zero-order valence-electron chi connectivity index (χ0n) is 9.28. The molecule has 0 aromatic heterocycles. The van der Waals surface area contributed by atoms with Crippen LogP contribution in [0.3, 0.4) is 0 Å². The van der Waals surface area contributed by atoms with Crippen molar-refractivity contribution in [2.24, 2.45) is 0 Å². The highest BCUT2D eigenvalue weighted by Gasteiger charge is 2.15. The van der Waals surface area contributed by atoms with E-state index in [-0.39, 0.29) is 11.4 Å². The van der Waals surface area contributed by atoms with Gasteiger partial charge in [0.15, 0.2) is 6.29 Å². The minimum atomic E-state index is -0.529. The molecule has 5 heteroatoms. The maximum absolute atomic E-state index is 10.8. The van der Waals surface area contributed by atoms with Gasteiger partial charge >= 0.3 is 5.69 Å². The van der Waals surface area contributed by atoms with E-state index < -0.39 is 4.92 Å². The van der Waals surface area contributed by atoms with Gasteiger partial charge in [-0.3, -0.25) is 14.9 Å². The molecule has 0 saturated carbocycles. The summed E-state index contributed by atoms with van der Waals surface area (Å²) in [6, 6.07) is 12.6. The average molecular weight is 243 g/mol. The van der Waals surface area contributed by atoms with Gasteiger partial charge in [0.1, 0.15) is 5.75 Å². The second-order valence-corrected chi connectivity index (χ2v) is 3.48. The zero-order chi connectivity index (χ0) is 13.0. The Bertz CT molecular complexity index is 595. The standard InChI is InChI=1S/C13H9NO4/c15-9-10-5-1-3-7-12(10)18-13-8-4-2-6-11(13)14(16)17/h1-9H. The van der Waals surface area contributed by atoms with Crippen LogP contribution < -0.4 is 4.74 Å². The topological polar surface area (TPSA) is 69.4 Å². The summed E-state index contributed by atoms with van der Waals surface area (Å²) in [5.41, 5.74) is 0.203. The van der Waals surface area contributed by atoms with E-state index in [1.54, 1.807) is 36.4 Å². The molecule has 0 bridgehead atoms. The maximum atomic E-state index is 10.8. The Hall–Kier alpha value is -2.69. The minimum Gasteiger partial charge on any atom is -0.449 e. The first-order valence-corrected chi connectivity index (χ1v) is 5.18. The molecular weight excluding hydrogens is 234 g/mol. The quantitative estimate of drug-likeness (QED) is 0.469. The molecule has 2 rings (SSSR count). The summed E-state index contributed by atoms with van der Waals surface area (Å²) in [6.45, 7) is 0. The Kier molecular flexibility index (Phi) is 3.33. The summed E-state index contributed by atoms with van der Waals surface area (Å²) in [4.78, 5) is 21.1. The first kappa shape index (κ1) is 11.8. The number of ether oxygens (including phenoxy) is 1. The van der Waals surface area contributed by atoms with Crippen LogP contribution in [0.1, 0.15) is 10.4 Å². The lowest BCUT2D eigenvalue weighted by Gasteiger charge is -2.07. The average Bonchev–Trinajstić information content (AvgIpc) is 2.40. The molecule has 2 aromatic carbocycles. The summed E-state index contributed by atoms with van der Waals surface area (Å²) in [5, 5.41) is 10.8. The Morgan fingerprint density at radius 2 is 1.61 bits per heavy atom. The SMILES string of the molecule is O=Cc1ccccc1Oc1ccccc1[N+](=O)[O-]. The second kappa shape index (κ2) is 5.09. The van der Waals surface area contributed by atoms with E-state index in [1.807, 2.05) is 0 Å². The van der Waals surface area contributed by atoms with Crippen LogP contribution in [0.4, 0.5) is 5.69 Å². The van der Waals surface area contributed by atoms with Gasteiger partial charge < -0.3 is 4.74 Å². The summed E-state index contributed by atoms with van der Waals surface area (Å²) in [5.74, 6) is 0.401. The van der Waals surface area contributed by atoms with E-state index in [1.165, 1.54) is 12.1 Å². The number of rotatable bonds is 4. The number of hydrogen-bond acceptors (Lipinski definition) is 4. The van der Waals surface area contributed by atoms with E-state index >= 15 is 0 Å². The van der Waals surface area contributed by atoms with Gasteiger partial charge in [-0.2, -0.15) is 0 Å². The molecule has 0 amide bonds. The molecule has 0 N–H and O–H groups in total. The third kappa shape index (κ3) is 2.35. The van der Waals surface area contributed by atoms with Crippen LogP contribution in [-0.4, -0.2) is 11.2 Å². The van der Waals surface area contributed by atoms with Crippen molar-refractivity contribution >= 4 is 12.0 Å². The molecule has 5 nitrogen and oxygen atoms in total. The normalized spacial score (nSPS) is 9.78. The molecule has 0 aliphatic rings. The lowest BCUT2D eigenvalue weighted by molar-refractivity contribution is -0.385. The highest BCUT2D eigenvalue weighted by molar-refractivity contribution is 5.79. The van der Waals surface area contributed by atoms with Crippen LogP contribution in [0.5, 0.6) is 11.5 Å². The van der Waals surface area contributed by atoms with Crippen molar-refractivity contribution in [3.63, 3.8) is 0 Å². The predicted octanol–water partition coefficient (Wildman–Crippen LogP) is 3.20. The van der Waals surface area contributed by atoms with E-state index in [2.05, 4.69) is 0 Å². The lowest BCUT2D eigenvalue weighted by Crippen LogP contribution is -1.95. The fourth-order valence-corrected chi connectivity index (χ4v) is 1.48. The Morgan fingerprint density at radius 1 is 1.00 bits per heavy atom. The molecule has 90 valence electrons. The predicted molar refractivity (Wildman–Crippen MR) is 65.0 cm³/mol. The number of carbonyl (C=O) groups excluding carboxylic acids is 1. The van der Waals surface area contributed by atoms with Crippen molar-refractivity contribution in [1.29, 1.82) is 0 Å². The number of nitro benzene ring substituents is 1. The number of carbonyl (C=O) groups is 1. The highest BCUT2D eigenvalue weighted by Crippen LogP contribution is 2.31. The van der Waals surface area contributed by atoms with Crippen molar-refractivity contribution < 1.29 is 14.5 Å². The Labute approximate surface area is 103 Å². The number of nitrogens with zero attached hydrogens (tertiary/aromatic N) is 1. The first-order chi connectivity index (χ1) is 8.72. The first-order valence-electron chi connectivity index (χ1n) is 5.18. The van der Waals surface area contributed by atoms with Crippen LogP contribution in [0.15, 0.2) is 48.5 Å². The fourth-order valence-electron chi connectivity index (χ4n) is 1.48. The number of para-hydroxylation sites is 3. The van der Waals surface area contributed by atoms with Crippen molar-refractivity contribution in [2.75, 3.05) is 0 Å². The van der Waals surface area contributed by atoms with Gasteiger partial charge in [-0.15, -0.1) is 0 Å². The van der Waals surface area contributed by atoms with E-state index in [4.69, 9.17) is 4.74 Å². The van der Waals surface area contributed by atoms with Crippen molar-refractivity contribution in [1.82, 2.24) is 0 Å². The van der Waals surface area contributed by atoms with E-state index in [0.717, 1.165) is 0 Å². The molecule has 0 radical (unpaired) electrons. The van der Waals surface area contributed by atoms with Gasteiger partial charge in [0.25, 0.3) is 0 Å². The van der Waals surface area contributed by atoms with Gasteiger partial charge in [0.05, 0.1) is 10.5 Å². The molecular formula is C13H9NO4. The summed E-state index contributed by atoms with van der Waals surface area (Å²) in [6.07, 6.45) is 0.643. The van der Waals surface area contributed by atoms with Gasteiger partial charge in [-0.1, -0.05) is 24.3 Å².